The van der Waals surface area contributed by atoms with Crippen molar-refractivity contribution in [3.63, 3.8) is 0 Å². The Hall–Kier alpha value is -2.74. The van der Waals surface area contributed by atoms with Crippen molar-refractivity contribution in [1.29, 1.82) is 0 Å². The van der Waals surface area contributed by atoms with E-state index in [2.05, 4.69) is 20.9 Å². The van der Waals surface area contributed by atoms with Crippen LogP contribution >= 0.6 is 11.3 Å². The Morgan fingerprint density at radius 3 is 2.82 bits per heavy atom. The summed E-state index contributed by atoms with van der Waals surface area (Å²) in [7, 11) is 0. The predicted octanol–water partition coefficient (Wildman–Crippen LogP) is 3.11. The third-order valence-electron chi connectivity index (χ3n) is 3.99. The molecule has 1 aliphatic heterocycles. The average Bonchev–Trinajstić information content (AvgIpc) is 3.14. The number of carbonyl (C=O) groups is 1. The van der Waals surface area contributed by atoms with Crippen molar-refractivity contribution in [1.82, 2.24) is 10.6 Å². The van der Waals surface area contributed by atoms with E-state index < -0.39 is 0 Å². The highest BCUT2D eigenvalue weighted by molar-refractivity contribution is 7.12. The first-order valence-electron chi connectivity index (χ1n) is 9.53. The maximum atomic E-state index is 11.9. The summed E-state index contributed by atoms with van der Waals surface area (Å²) in [5.41, 5.74) is 0.884. The largest absolute Gasteiger partial charge is 0.490 e. The second kappa shape index (κ2) is 10.6. The van der Waals surface area contributed by atoms with E-state index in [0.29, 0.717) is 32.3 Å². The standard InChI is InChI=1S/C20H26N4O3S/c1-2-21-20(23-10-4-9-22-19(25)18-6-3-13-28-18)24-15-7-8-16-17(14-15)27-12-5-11-26-16/h3,6-8,13-14H,2,4-5,9-12H2,1H3,(H,22,25)(H2,21,23,24). The van der Waals surface area contributed by atoms with E-state index in [1.807, 2.05) is 42.6 Å². The molecular weight excluding hydrogens is 376 g/mol. The lowest BCUT2D eigenvalue weighted by molar-refractivity contribution is 0.0957. The minimum Gasteiger partial charge on any atom is -0.490 e. The van der Waals surface area contributed by atoms with Gasteiger partial charge in [-0.15, -0.1) is 11.3 Å². The minimum absolute atomic E-state index is 0.0313. The fraction of sp³-hybridized carbons (Fsp3) is 0.400. The summed E-state index contributed by atoms with van der Waals surface area (Å²) in [5.74, 6) is 2.18. The van der Waals surface area contributed by atoms with Crippen molar-refractivity contribution in [3.8, 4) is 11.5 Å². The lowest BCUT2D eigenvalue weighted by Crippen LogP contribution is -2.31. The number of ether oxygens (including phenoxy) is 2. The Bertz CT molecular complexity index is 793. The van der Waals surface area contributed by atoms with Gasteiger partial charge in [0.2, 0.25) is 0 Å². The number of nitrogens with zero attached hydrogens (tertiary/aromatic N) is 1. The van der Waals surface area contributed by atoms with Crippen molar-refractivity contribution in [2.24, 2.45) is 4.99 Å². The number of nitrogens with one attached hydrogen (secondary N) is 3. The highest BCUT2D eigenvalue weighted by Crippen LogP contribution is 2.32. The molecule has 3 N–H and O–H groups in total. The number of anilines is 1. The molecule has 1 aliphatic rings. The van der Waals surface area contributed by atoms with E-state index in [-0.39, 0.29) is 5.91 Å². The number of guanidine groups is 1. The van der Waals surface area contributed by atoms with Gasteiger partial charge in [0.15, 0.2) is 17.5 Å². The molecule has 150 valence electrons. The lowest BCUT2D eigenvalue weighted by atomic mass is 10.3. The number of fused-ring (bicyclic) bond motifs is 1. The molecule has 0 bridgehead atoms. The number of aliphatic imine (C=N–C) groups is 1. The van der Waals surface area contributed by atoms with Gasteiger partial charge >= 0.3 is 0 Å². The van der Waals surface area contributed by atoms with Crippen LogP contribution < -0.4 is 25.4 Å². The third kappa shape index (κ3) is 5.88. The SMILES string of the molecule is CCNC(=NCCCNC(=O)c1cccs1)Nc1ccc2c(c1)OCCCO2. The quantitative estimate of drug-likeness (QED) is 0.377. The van der Waals surface area contributed by atoms with E-state index in [1.54, 1.807) is 0 Å². The van der Waals surface area contributed by atoms with E-state index in [4.69, 9.17) is 9.47 Å². The van der Waals surface area contributed by atoms with Crippen LogP contribution in [0.2, 0.25) is 0 Å². The lowest BCUT2D eigenvalue weighted by Gasteiger charge is -2.13. The van der Waals surface area contributed by atoms with Crippen LogP contribution in [-0.4, -0.2) is 44.7 Å². The molecule has 8 heteroatoms. The Labute approximate surface area is 169 Å². The van der Waals surface area contributed by atoms with Crippen LogP contribution in [0.1, 0.15) is 29.4 Å². The molecule has 7 nitrogen and oxygen atoms in total. The zero-order valence-corrected chi connectivity index (χ0v) is 16.8. The number of hydrogen-bond donors (Lipinski definition) is 3. The monoisotopic (exact) mass is 402 g/mol. The Morgan fingerprint density at radius 1 is 1.18 bits per heavy atom. The molecule has 0 atom stereocenters. The maximum Gasteiger partial charge on any atom is 0.261 e. The van der Waals surface area contributed by atoms with Crippen molar-refractivity contribution < 1.29 is 14.3 Å². The first kappa shape index (κ1) is 20.0. The van der Waals surface area contributed by atoms with Gasteiger partial charge in [-0.25, -0.2) is 0 Å². The number of rotatable bonds is 7. The molecule has 0 saturated heterocycles. The number of thiophene rings is 1. The summed E-state index contributed by atoms with van der Waals surface area (Å²) in [6, 6.07) is 9.47. The summed E-state index contributed by atoms with van der Waals surface area (Å²) in [4.78, 5) is 17.2. The number of amides is 1. The first-order valence-corrected chi connectivity index (χ1v) is 10.4. The maximum absolute atomic E-state index is 11.9. The van der Waals surface area contributed by atoms with E-state index >= 15 is 0 Å². The molecule has 1 amide bonds. The van der Waals surface area contributed by atoms with Gasteiger partial charge < -0.3 is 25.4 Å². The van der Waals surface area contributed by atoms with Gasteiger partial charge in [-0.3, -0.25) is 9.79 Å². The topological polar surface area (TPSA) is 84.0 Å². The molecule has 0 aliphatic carbocycles. The van der Waals surface area contributed by atoms with E-state index in [9.17, 15) is 4.79 Å². The van der Waals surface area contributed by atoms with E-state index in [0.717, 1.165) is 41.4 Å². The number of hydrogen-bond acceptors (Lipinski definition) is 5. The second-order valence-electron chi connectivity index (χ2n) is 6.18. The summed E-state index contributed by atoms with van der Waals surface area (Å²) >= 11 is 1.44. The minimum atomic E-state index is -0.0313. The molecule has 0 spiro atoms. The fourth-order valence-corrected chi connectivity index (χ4v) is 3.29. The molecule has 0 saturated carbocycles. The van der Waals surface area contributed by atoms with Gasteiger partial charge in [0.05, 0.1) is 18.1 Å². The van der Waals surface area contributed by atoms with E-state index in [1.165, 1.54) is 11.3 Å². The average molecular weight is 403 g/mol. The van der Waals surface area contributed by atoms with Crippen molar-refractivity contribution in [2.45, 2.75) is 19.8 Å². The molecule has 2 heterocycles. The zero-order chi connectivity index (χ0) is 19.6. The molecular formula is C20H26N4O3S. The highest BCUT2D eigenvalue weighted by atomic mass is 32.1. The molecule has 1 aromatic carbocycles. The normalized spacial score (nSPS) is 13.5. The Kier molecular flexibility index (Phi) is 7.54. The highest BCUT2D eigenvalue weighted by Gasteiger charge is 2.11. The van der Waals surface area contributed by atoms with Crippen LogP contribution in [0, 0.1) is 0 Å². The Morgan fingerprint density at radius 2 is 2.04 bits per heavy atom. The van der Waals surface area contributed by atoms with Gasteiger partial charge in [0, 0.05) is 37.8 Å². The number of benzene rings is 1. The molecule has 1 aromatic heterocycles. The van der Waals surface area contributed by atoms with Crippen LogP contribution in [0.15, 0.2) is 40.7 Å². The van der Waals surface area contributed by atoms with Gasteiger partial charge in [0.25, 0.3) is 5.91 Å². The number of carbonyl (C=O) groups excluding carboxylic acids is 1. The smallest absolute Gasteiger partial charge is 0.261 e. The molecule has 2 aromatic rings. The van der Waals surface area contributed by atoms with Crippen molar-refractivity contribution >= 4 is 28.9 Å². The van der Waals surface area contributed by atoms with Gasteiger partial charge in [-0.05, 0) is 36.9 Å². The molecule has 0 unspecified atom stereocenters. The molecule has 0 fully saturated rings. The van der Waals surface area contributed by atoms with Crippen LogP contribution in [0.3, 0.4) is 0 Å². The van der Waals surface area contributed by atoms with Gasteiger partial charge in [-0.1, -0.05) is 6.07 Å². The summed E-state index contributed by atoms with van der Waals surface area (Å²) in [6.45, 7) is 5.29. The predicted molar refractivity (Wildman–Crippen MR) is 113 cm³/mol. The summed E-state index contributed by atoms with van der Waals surface area (Å²) in [6.07, 6.45) is 1.64. The fourth-order valence-electron chi connectivity index (χ4n) is 2.65. The van der Waals surface area contributed by atoms with Gasteiger partial charge in [-0.2, -0.15) is 0 Å². The van der Waals surface area contributed by atoms with Crippen LogP contribution in [0.5, 0.6) is 11.5 Å². The van der Waals surface area contributed by atoms with Crippen LogP contribution in [-0.2, 0) is 0 Å². The molecule has 28 heavy (non-hydrogen) atoms. The molecule has 0 radical (unpaired) electrons. The zero-order valence-electron chi connectivity index (χ0n) is 16.0. The summed E-state index contributed by atoms with van der Waals surface area (Å²) in [5, 5.41) is 11.3. The first-order chi connectivity index (χ1) is 13.8. The second-order valence-corrected chi connectivity index (χ2v) is 7.13. The third-order valence-corrected chi connectivity index (χ3v) is 4.86. The van der Waals surface area contributed by atoms with Crippen LogP contribution in [0.25, 0.3) is 0 Å². The molecule has 3 rings (SSSR count). The van der Waals surface area contributed by atoms with Crippen molar-refractivity contribution in [2.75, 3.05) is 38.2 Å². The van der Waals surface area contributed by atoms with Gasteiger partial charge in [0.1, 0.15) is 0 Å². The Balaban J connectivity index is 1.50. The summed E-state index contributed by atoms with van der Waals surface area (Å²) < 4.78 is 11.4. The van der Waals surface area contributed by atoms with Crippen molar-refractivity contribution in [3.05, 3.63) is 40.6 Å². The van der Waals surface area contributed by atoms with Crippen LogP contribution in [0.4, 0.5) is 5.69 Å².